The molecule has 0 aromatic heterocycles. The second-order valence-electron chi connectivity index (χ2n) is 8.97. The zero-order valence-corrected chi connectivity index (χ0v) is 19.5. The smallest absolute Gasteiger partial charge is 0.322 e. The molecule has 4 rings (SSSR count). The Balaban J connectivity index is 1.67. The Morgan fingerprint density at radius 2 is 1.79 bits per heavy atom. The van der Waals surface area contributed by atoms with Gasteiger partial charge in [-0.15, -0.1) is 0 Å². The second kappa shape index (κ2) is 9.67. The first-order valence-corrected chi connectivity index (χ1v) is 11.5. The molecule has 34 heavy (non-hydrogen) atoms. The van der Waals surface area contributed by atoms with E-state index in [9.17, 15) is 18.8 Å². The predicted octanol–water partition coefficient (Wildman–Crippen LogP) is 4.06. The number of nitrogens with zero attached hydrogens (tertiary/aromatic N) is 2. The number of carbonyl (C=O) groups is 3. The highest BCUT2D eigenvalue weighted by molar-refractivity contribution is 6.05. The fourth-order valence-electron chi connectivity index (χ4n) is 4.58. The largest absolute Gasteiger partial charge is 0.326 e. The molecule has 2 aliphatic rings. The number of amides is 4. The topological polar surface area (TPSA) is 81.8 Å². The van der Waals surface area contributed by atoms with Crippen LogP contribution in [0.4, 0.5) is 14.9 Å². The molecule has 2 heterocycles. The van der Waals surface area contributed by atoms with Crippen LogP contribution in [-0.2, 0) is 9.59 Å². The molecule has 178 valence electrons. The summed E-state index contributed by atoms with van der Waals surface area (Å²) in [5, 5.41) is 5.77. The molecule has 8 heteroatoms. The third kappa shape index (κ3) is 4.53. The summed E-state index contributed by atoms with van der Waals surface area (Å²) >= 11 is 0. The lowest BCUT2D eigenvalue weighted by Crippen LogP contribution is -2.47. The van der Waals surface area contributed by atoms with Gasteiger partial charge in [-0.25, -0.2) is 9.18 Å². The number of rotatable bonds is 7. The van der Waals surface area contributed by atoms with E-state index in [0.717, 1.165) is 5.56 Å². The van der Waals surface area contributed by atoms with E-state index in [1.54, 1.807) is 9.80 Å². The SMILES string of the molecule is CCN1C(=O)N[C@@H](c2ccccc2)C2=C1CN([C@H](CC(C)C)C(=O)Nc1ccc(F)cc1)C2=O. The Labute approximate surface area is 198 Å². The van der Waals surface area contributed by atoms with Crippen molar-refractivity contribution in [3.63, 3.8) is 0 Å². The van der Waals surface area contributed by atoms with Crippen molar-refractivity contribution >= 4 is 23.5 Å². The van der Waals surface area contributed by atoms with E-state index in [-0.39, 0.29) is 30.3 Å². The van der Waals surface area contributed by atoms with Crippen molar-refractivity contribution in [2.45, 2.75) is 39.3 Å². The maximum atomic E-state index is 13.8. The summed E-state index contributed by atoms with van der Waals surface area (Å²) in [5.74, 6) is -0.859. The number of likely N-dealkylation sites (N-methyl/N-ethyl adjacent to an activating group) is 1. The van der Waals surface area contributed by atoms with Gasteiger partial charge >= 0.3 is 6.03 Å². The van der Waals surface area contributed by atoms with Crippen molar-refractivity contribution in [2.75, 3.05) is 18.4 Å². The molecule has 2 aromatic carbocycles. The third-order valence-electron chi connectivity index (χ3n) is 6.18. The van der Waals surface area contributed by atoms with Gasteiger partial charge in [0.15, 0.2) is 0 Å². The van der Waals surface area contributed by atoms with Crippen LogP contribution < -0.4 is 10.6 Å². The molecule has 0 radical (unpaired) electrons. The van der Waals surface area contributed by atoms with Crippen LogP contribution in [0.2, 0.25) is 0 Å². The minimum atomic E-state index is -0.742. The van der Waals surface area contributed by atoms with Crippen molar-refractivity contribution in [3.8, 4) is 0 Å². The molecule has 2 N–H and O–H groups in total. The summed E-state index contributed by atoms with van der Waals surface area (Å²) < 4.78 is 13.3. The summed E-state index contributed by atoms with van der Waals surface area (Å²) in [6.45, 7) is 6.41. The van der Waals surface area contributed by atoms with Gasteiger partial charge in [0.05, 0.1) is 23.9 Å². The van der Waals surface area contributed by atoms with E-state index in [1.807, 2.05) is 51.1 Å². The van der Waals surface area contributed by atoms with Crippen molar-refractivity contribution in [3.05, 3.63) is 77.2 Å². The number of benzene rings is 2. The molecule has 7 nitrogen and oxygen atoms in total. The molecule has 0 saturated heterocycles. The van der Waals surface area contributed by atoms with Gasteiger partial charge in [-0.1, -0.05) is 44.2 Å². The van der Waals surface area contributed by atoms with Gasteiger partial charge in [0.2, 0.25) is 5.91 Å². The van der Waals surface area contributed by atoms with Crippen molar-refractivity contribution in [2.24, 2.45) is 5.92 Å². The van der Waals surface area contributed by atoms with Crippen molar-refractivity contribution in [1.82, 2.24) is 15.1 Å². The van der Waals surface area contributed by atoms with Gasteiger partial charge in [-0.2, -0.15) is 0 Å². The van der Waals surface area contributed by atoms with Crippen LogP contribution in [0.1, 0.15) is 38.8 Å². The minimum absolute atomic E-state index is 0.140. The normalized spacial score (nSPS) is 18.8. The number of anilines is 1. The second-order valence-corrected chi connectivity index (χ2v) is 8.97. The van der Waals surface area contributed by atoms with Gasteiger partial charge in [0.25, 0.3) is 5.91 Å². The summed E-state index contributed by atoms with van der Waals surface area (Å²) in [6.07, 6.45) is 0.447. The van der Waals surface area contributed by atoms with E-state index >= 15 is 0 Å². The van der Waals surface area contributed by atoms with Gasteiger partial charge in [0.1, 0.15) is 11.9 Å². The summed E-state index contributed by atoms with van der Waals surface area (Å²) in [4.78, 5) is 43.1. The Kier molecular flexibility index (Phi) is 6.68. The van der Waals surface area contributed by atoms with Crippen LogP contribution in [-0.4, -0.2) is 46.8 Å². The maximum absolute atomic E-state index is 13.8. The molecule has 2 atom stereocenters. The Bertz CT molecular complexity index is 1110. The zero-order valence-electron chi connectivity index (χ0n) is 19.5. The third-order valence-corrected chi connectivity index (χ3v) is 6.18. The number of nitrogens with one attached hydrogen (secondary N) is 2. The van der Waals surface area contributed by atoms with Gasteiger partial charge in [-0.3, -0.25) is 14.5 Å². The molecule has 0 unspecified atom stereocenters. The lowest BCUT2D eigenvalue weighted by atomic mass is 9.95. The number of halogens is 1. The number of hydrogen-bond acceptors (Lipinski definition) is 3. The molecule has 2 aromatic rings. The Hall–Kier alpha value is -3.68. The van der Waals surface area contributed by atoms with E-state index < -0.39 is 17.9 Å². The average Bonchev–Trinajstić information content (AvgIpc) is 3.15. The fourth-order valence-corrected chi connectivity index (χ4v) is 4.58. The van der Waals surface area contributed by atoms with Crippen LogP contribution in [0, 0.1) is 11.7 Å². The molecule has 4 amide bonds. The zero-order chi connectivity index (χ0) is 24.4. The number of carbonyl (C=O) groups excluding carboxylic acids is 3. The highest BCUT2D eigenvalue weighted by Crippen LogP contribution is 2.37. The molecule has 0 saturated carbocycles. The number of urea groups is 1. The van der Waals surface area contributed by atoms with Crippen LogP contribution in [0.15, 0.2) is 65.9 Å². The molecular formula is C26H29FN4O3. The fraction of sp³-hybridized carbons (Fsp3) is 0.346. The van der Waals surface area contributed by atoms with Crippen molar-refractivity contribution in [1.29, 1.82) is 0 Å². The van der Waals surface area contributed by atoms with E-state index in [0.29, 0.717) is 29.9 Å². The first-order valence-electron chi connectivity index (χ1n) is 11.5. The molecule has 2 aliphatic heterocycles. The summed E-state index contributed by atoms with van der Waals surface area (Å²) in [6, 6.07) is 13.3. The highest BCUT2D eigenvalue weighted by Gasteiger charge is 2.46. The monoisotopic (exact) mass is 464 g/mol. The lowest BCUT2D eigenvalue weighted by molar-refractivity contribution is -0.134. The van der Waals surface area contributed by atoms with E-state index in [2.05, 4.69) is 10.6 Å². The Morgan fingerprint density at radius 3 is 2.41 bits per heavy atom. The van der Waals surface area contributed by atoms with Crippen LogP contribution in [0.25, 0.3) is 0 Å². The lowest BCUT2D eigenvalue weighted by Gasteiger charge is -2.32. The molecule has 0 spiro atoms. The highest BCUT2D eigenvalue weighted by atomic mass is 19.1. The Morgan fingerprint density at radius 1 is 1.12 bits per heavy atom. The molecule has 0 bridgehead atoms. The van der Waals surface area contributed by atoms with E-state index in [4.69, 9.17) is 0 Å². The molecular weight excluding hydrogens is 435 g/mol. The molecule has 0 fully saturated rings. The van der Waals surface area contributed by atoms with Crippen molar-refractivity contribution < 1.29 is 18.8 Å². The number of hydrogen-bond donors (Lipinski definition) is 2. The van der Waals surface area contributed by atoms with E-state index in [1.165, 1.54) is 24.3 Å². The van der Waals surface area contributed by atoms with Crippen LogP contribution >= 0.6 is 0 Å². The average molecular weight is 465 g/mol. The predicted molar refractivity (Wildman–Crippen MR) is 127 cm³/mol. The maximum Gasteiger partial charge on any atom is 0.322 e. The van der Waals surface area contributed by atoms with Gasteiger partial charge < -0.3 is 15.5 Å². The van der Waals surface area contributed by atoms with Gasteiger partial charge in [-0.05, 0) is 49.1 Å². The first-order chi connectivity index (χ1) is 16.3. The minimum Gasteiger partial charge on any atom is -0.326 e. The van der Waals surface area contributed by atoms with Gasteiger partial charge in [0, 0.05) is 12.2 Å². The quantitative estimate of drug-likeness (QED) is 0.648. The standard InChI is InChI=1S/C26H29FN4O3/c1-4-30-21-15-31(20(14-16(2)3)24(32)28-19-12-10-18(27)11-13-19)25(33)22(21)23(29-26(30)34)17-8-6-5-7-9-17/h5-13,16,20,23H,4,14-15H2,1-3H3,(H,28,32)(H,29,34)/t20-,23+/m1/s1. The molecule has 0 aliphatic carbocycles. The summed E-state index contributed by atoms with van der Waals surface area (Å²) in [5.41, 5.74) is 2.40. The van der Waals surface area contributed by atoms with Crippen LogP contribution in [0.5, 0.6) is 0 Å². The first kappa shape index (κ1) is 23.5. The van der Waals surface area contributed by atoms with Crippen LogP contribution in [0.3, 0.4) is 0 Å². The summed E-state index contributed by atoms with van der Waals surface area (Å²) in [7, 11) is 0.